The Bertz CT molecular complexity index is 929. The molecule has 1 N–H and O–H groups in total. The highest BCUT2D eigenvalue weighted by atomic mass is 16.5. The van der Waals surface area contributed by atoms with Gasteiger partial charge in [-0.2, -0.15) is 0 Å². The molecule has 3 rings (SSSR count). The Labute approximate surface area is 173 Å². The summed E-state index contributed by atoms with van der Waals surface area (Å²) in [5, 5.41) is 9.57. The molecule has 0 aliphatic carbocycles. The first-order chi connectivity index (χ1) is 14.5. The van der Waals surface area contributed by atoms with E-state index in [2.05, 4.69) is 0 Å². The molecule has 1 aliphatic heterocycles. The molecular formula is C21H22N2O7. The second kappa shape index (κ2) is 9.64. The van der Waals surface area contributed by atoms with E-state index in [1.54, 1.807) is 34.1 Å². The number of furan rings is 1. The number of piperazine rings is 1. The molecular weight excluding hydrogens is 392 g/mol. The average Bonchev–Trinajstić information content (AvgIpc) is 3.31. The SMILES string of the molecule is COc1cc(/C=C/C(=O)OCC(=O)N2CCN(C(=O)c3ccco3)CC2)ccc1O. The van der Waals surface area contributed by atoms with Crippen molar-refractivity contribution in [2.75, 3.05) is 39.9 Å². The number of phenols is 1. The summed E-state index contributed by atoms with van der Waals surface area (Å²) in [6.45, 7) is 1.08. The summed E-state index contributed by atoms with van der Waals surface area (Å²) in [6.07, 6.45) is 4.13. The van der Waals surface area contributed by atoms with E-state index in [1.807, 2.05) is 0 Å². The summed E-state index contributed by atoms with van der Waals surface area (Å²) in [5.41, 5.74) is 0.630. The highest BCUT2D eigenvalue weighted by Gasteiger charge is 2.26. The fraction of sp³-hybridized carbons (Fsp3) is 0.286. The molecule has 0 unspecified atom stereocenters. The van der Waals surface area contributed by atoms with E-state index in [-0.39, 0.29) is 35.7 Å². The van der Waals surface area contributed by atoms with Crippen molar-refractivity contribution in [3.8, 4) is 11.5 Å². The van der Waals surface area contributed by atoms with Gasteiger partial charge < -0.3 is 28.8 Å². The molecule has 0 radical (unpaired) electrons. The molecule has 2 amide bonds. The molecule has 0 spiro atoms. The molecule has 1 fully saturated rings. The first kappa shape index (κ1) is 21.0. The third-order valence-electron chi connectivity index (χ3n) is 4.61. The Kier molecular flexibility index (Phi) is 6.74. The zero-order valence-corrected chi connectivity index (χ0v) is 16.4. The van der Waals surface area contributed by atoms with Gasteiger partial charge in [-0.3, -0.25) is 9.59 Å². The van der Waals surface area contributed by atoms with Crippen LogP contribution in [0.2, 0.25) is 0 Å². The van der Waals surface area contributed by atoms with Crippen molar-refractivity contribution in [1.29, 1.82) is 0 Å². The zero-order valence-electron chi connectivity index (χ0n) is 16.4. The van der Waals surface area contributed by atoms with E-state index >= 15 is 0 Å². The predicted molar refractivity (Wildman–Crippen MR) is 106 cm³/mol. The molecule has 1 aliphatic rings. The molecule has 1 saturated heterocycles. The summed E-state index contributed by atoms with van der Waals surface area (Å²) in [6, 6.07) is 7.86. The second-order valence-electron chi connectivity index (χ2n) is 6.52. The van der Waals surface area contributed by atoms with Crippen LogP contribution in [0.25, 0.3) is 6.08 Å². The highest BCUT2D eigenvalue weighted by Crippen LogP contribution is 2.26. The maximum Gasteiger partial charge on any atom is 0.331 e. The van der Waals surface area contributed by atoms with Crippen molar-refractivity contribution in [2.45, 2.75) is 0 Å². The van der Waals surface area contributed by atoms with Crippen LogP contribution in [-0.2, 0) is 14.3 Å². The number of methoxy groups -OCH3 is 1. The molecule has 1 aromatic heterocycles. The Hall–Kier alpha value is -3.75. The first-order valence-electron chi connectivity index (χ1n) is 9.30. The average molecular weight is 414 g/mol. The van der Waals surface area contributed by atoms with Gasteiger partial charge in [0.1, 0.15) is 0 Å². The van der Waals surface area contributed by atoms with Gasteiger partial charge in [-0.15, -0.1) is 0 Å². The zero-order chi connectivity index (χ0) is 21.5. The van der Waals surface area contributed by atoms with Gasteiger partial charge in [0.05, 0.1) is 13.4 Å². The number of amides is 2. The third kappa shape index (κ3) is 5.19. The molecule has 9 heteroatoms. The van der Waals surface area contributed by atoms with Crippen LogP contribution in [0.3, 0.4) is 0 Å². The number of rotatable bonds is 6. The summed E-state index contributed by atoms with van der Waals surface area (Å²) < 4.78 is 15.1. The lowest BCUT2D eigenvalue weighted by atomic mass is 10.2. The number of phenolic OH excluding ortho intramolecular Hbond substituents is 1. The molecule has 0 bridgehead atoms. The molecule has 2 aromatic rings. The van der Waals surface area contributed by atoms with Crippen LogP contribution in [0.5, 0.6) is 11.5 Å². The van der Waals surface area contributed by atoms with E-state index in [9.17, 15) is 19.5 Å². The fourth-order valence-electron chi connectivity index (χ4n) is 2.95. The van der Waals surface area contributed by atoms with Crippen molar-refractivity contribution < 1.29 is 33.4 Å². The van der Waals surface area contributed by atoms with E-state index in [1.165, 1.54) is 31.6 Å². The number of benzene rings is 1. The van der Waals surface area contributed by atoms with Crippen molar-refractivity contribution in [3.63, 3.8) is 0 Å². The monoisotopic (exact) mass is 414 g/mol. The van der Waals surface area contributed by atoms with Crippen molar-refractivity contribution in [2.24, 2.45) is 0 Å². The second-order valence-corrected chi connectivity index (χ2v) is 6.52. The molecule has 9 nitrogen and oxygen atoms in total. The van der Waals surface area contributed by atoms with Crippen LogP contribution in [-0.4, -0.2) is 72.6 Å². The number of carbonyl (C=O) groups excluding carboxylic acids is 3. The minimum atomic E-state index is -0.665. The van der Waals surface area contributed by atoms with Crippen LogP contribution in [0.15, 0.2) is 47.1 Å². The predicted octanol–water partition coefficient (Wildman–Crippen LogP) is 1.53. The molecule has 1 aromatic carbocycles. The van der Waals surface area contributed by atoms with Crippen molar-refractivity contribution >= 4 is 23.9 Å². The van der Waals surface area contributed by atoms with E-state index in [0.29, 0.717) is 31.7 Å². The maximum absolute atomic E-state index is 12.3. The van der Waals surface area contributed by atoms with Crippen LogP contribution < -0.4 is 4.74 Å². The Morgan fingerprint density at radius 2 is 1.87 bits per heavy atom. The molecule has 0 saturated carbocycles. The van der Waals surface area contributed by atoms with Gasteiger partial charge >= 0.3 is 5.97 Å². The van der Waals surface area contributed by atoms with Crippen LogP contribution in [0, 0.1) is 0 Å². The number of hydrogen-bond donors (Lipinski definition) is 1. The fourth-order valence-corrected chi connectivity index (χ4v) is 2.95. The standard InChI is InChI=1S/C21H22N2O7/c1-28-18-13-15(4-6-16(18)24)5-7-20(26)30-14-19(25)22-8-10-23(11-9-22)21(27)17-3-2-12-29-17/h2-7,12-13,24H,8-11,14H2,1H3/b7-5+. The van der Waals surface area contributed by atoms with Gasteiger partial charge in [-0.05, 0) is 35.9 Å². The summed E-state index contributed by atoms with van der Waals surface area (Å²) in [5.74, 6) is -0.661. The number of aromatic hydroxyl groups is 1. The first-order valence-corrected chi connectivity index (χ1v) is 9.30. The Balaban J connectivity index is 1.43. The molecule has 0 atom stereocenters. The summed E-state index contributed by atoms with van der Waals surface area (Å²) >= 11 is 0. The van der Waals surface area contributed by atoms with Gasteiger partial charge in [-0.25, -0.2) is 4.79 Å². The summed E-state index contributed by atoms with van der Waals surface area (Å²) in [7, 11) is 1.43. The number of hydrogen-bond acceptors (Lipinski definition) is 7. The van der Waals surface area contributed by atoms with Gasteiger partial charge in [0.25, 0.3) is 11.8 Å². The number of carbonyl (C=O) groups is 3. The quantitative estimate of drug-likeness (QED) is 0.564. The lowest BCUT2D eigenvalue weighted by Gasteiger charge is -2.34. The van der Waals surface area contributed by atoms with E-state index in [4.69, 9.17) is 13.9 Å². The van der Waals surface area contributed by atoms with Crippen LogP contribution in [0.4, 0.5) is 0 Å². The molecule has 2 heterocycles. The third-order valence-corrected chi connectivity index (χ3v) is 4.61. The van der Waals surface area contributed by atoms with Crippen LogP contribution in [0.1, 0.15) is 16.1 Å². The molecule has 158 valence electrons. The minimum absolute atomic E-state index is 0.00576. The van der Waals surface area contributed by atoms with E-state index < -0.39 is 5.97 Å². The number of nitrogens with zero attached hydrogens (tertiary/aromatic N) is 2. The topological polar surface area (TPSA) is 110 Å². The number of esters is 1. The number of ether oxygens (including phenoxy) is 2. The van der Waals surface area contributed by atoms with E-state index in [0.717, 1.165) is 0 Å². The Morgan fingerprint density at radius 3 is 2.53 bits per heavy atom. The van der Waals surface area contributed by atoms with Crippen LogP contribution >= 0.6 is 0 Å². The van der Waals surface area contributed by atoms with Gasteiger partial charge in [-0.1, -0.05) is 6.07 Å². The lowest BCUT2D eigenvalue weighted by Crippen LogP contribution is -2.51. The normalized spacial score (nSPS) is 14.0. The van der Waals surface area contributed by atoms with Gasteiger partial charge in [0.15, 0.2) is 23.9 Å². The van der Waals surface area contributed by atoms with Crippen molar-refractivity contribution in [1.82, 2.24) is 9.80 Å². The minimum Gasteiger partial charge on any atom is -0.504 e. The smallest absolute Gasteiger partial charge is 0.331 e. The lowest BCUT2D eigenvalue weighted by molar-refractivity contribution is -0.148. The summed E-state index contributed by atoms with van der Waals surface area (Å²) in [4.78, 5) is 39.5. The Morgan fingerprint density at radius 1 is 1.13 bits per heavy atom. The highest BCUT2D eigenvalue weighted by molar-refractivity contribution is 5.92. The van der Waals surface area contributed by atoms with Gasteiger partial charge in [0.2, 0.25) is 0 Å². The largest absolute Gasteiger partial charge is 0.504 e. The molecule has 30 heavy (non-hydrogen) atoms. The van der Waals surface area contributed by atoms with Crippen molar-refractivity contribution in [3.05, 3.63) is 54.0 Å². The maximum atomic E-state index is 12.3. The van der Waals surface area contributed by atoms with Gasteiger partial charge in [0, 0.05) is 32.3 Å².